The summed E-state index contributed by atoms with van der Waals surface area (Å²) in [6, 6.07) is 7.94. The molecule has 0 aliphatic carbocycles. The highest BCUT2D eigenvalue weighted by Gasteiger charge is 1.81. The van der Waals surface area contributed by atoms with Gasteiger partial charge in [-0.2, -0.15) is 0 Å². The molecule has 0 saturated carbocycles. The lowest BCUT2D eigenvalue weighted by Crippen LogP contribution is -2.11. The number of benzene rings is 1. The highest BCUT2D eigenvalue weighted by atomic mass is 28.1. The summed E-state index contributed by atoms with van der Waals surface area (Å²) >= 11 is 0. The molecule has 36 valence electrons. The van der Waals surface area contributed by atoms with E-state index in [4.69, 9.17) is 0 Å². The van der Waals surface area contributed by atoms with Gasteiger partial charge in [0.2, 0.25) is 0 Å². The third kappa shape index (κ3) is 1.31. The van der Waals surface area contributed by atoms with Crippen LogP contribution in [-0.2, 0) is 0 Å². The topological polar surface area (TPSA) is 0 Å². The van der Waals surface area contributed by atoms with Crippen LogP contribution < -0.4 is 10.4 Å². The van der Waals surface area contributed by atoms with Crippen LogP contribution in [0.5, 0.6) is 0 Å². The van der Waals surface area contributed by atoms with Crippen molar-refractivity contribution in [2.24, 2.45) is 0 Å². The van der Waals surface area contributed by atoms with Gasteiger partial charge in [0.25, 0.3) is 0 Å². The number of hydrogen-bond acceptors (Lipinski definition) is 0. The van der Waals surface area contributed by atoms with Crippen molar-refractivity contribution in [2.75, 3.05) is 0 Å². The number of hydrogen-bond donors (Lipinski definition) is 0. The van der Waals surface area contributed by atoms with Crippen molar-refractivity contribution in [3.63, 3.8) is 0 Å². The molecule has 0 unspecified atom stereocenters. The van der Waals surface area contributed by atoms with E-state index in [1.54, 1.807) is 0 Å². The summed E-state index contributed by atoms with van der Waals surface area (Å²) in [7, 11) is 6.76. The fourth-order valence-electron chi connectivity index (χ4n) is 0.519. The van der Waals surface area contributed by atoms with Crippen LogP contribution in [-0.4, -0.2) is 20.5 Å². The van der Waals surface area contributed by atoms with Gasteiger partial charge in [0.15, 0.2) is 0 Å². The first-order valence-corrected chi connectivity index (χ1v) is 3.32. The molecule has 0 aliphatic heterocycles. The van der Waals surface area contributed by atoms with Crippen molar-refractivity contribution in [1.82, 2.24) is 0 Å². The third-order valence-corrected chi connectivity index (χ3v) is 1.48. The molecule has 1 rings (SSSR count). The maximum absolute atomic E-state index is 3.38. The largest absolute Gasteiger partial charge is 0.0711 e. The molecule has 0 atom stereocenters. The van der Waals surface area contributed by atoms with E-state index in [-0.39, 0.29) is 0 Å². The fourth-order valence-corrected chi connectivity index (χ4v) is 1.17. The van der Waals surface area contributed by atoms with E-state index >= 15 is 0 Å². The lowest BCUT2D eigenvalue weighted by atomic mass is 10.4. The lowest BCUT2D eigenvalue weighted by Gasteiger charge is -1.90. The first kappa shape index (κ1) is 5.78. The Morgan fingerprint density at radius 3 is 1.75 bits per heavy atom. The molecule has 0 amide bonds. The molecule has 0 heterocycles. The Kier molecular flexibility index (Phi) is 1.65. The quantitative estimate of drug-likeness (QED) is 0.409. The van der Waals surface area contributed by atoms with Crippen LogP contribution >= 0.6 is 0 Å². The standard InChI is InChI=1S/C6H4Si2/c7-5-2-1-3-6(8)4-5/h1-4H. The molecule has 0 bridgehead atoms. The molecule has 2 heteroatoms. The summed E-state index contributed by atoms with van der Waals surface area (Å²) in [5.74, 6) is 0. The second-order valence-corrected chi connectivity index (χ2v) is 2.74. The van der Waals surface area contributed by atoms with Crippen LogP contribution in [0.1, 0.15) is 0 Å². The van der Waals surface area contributed by atoms with Gasteiger partial charge in [0, 0.05) is 0 Å². The molecule has 6 radical (unpaired) electrons. The molecule has 8 heavy (non-hydrogen) atoms. The van der Waals surface area contributed by atoms with E-state index in [0.717, 1.165) is 10.4 Å². The Morgan fingerprint density at radius 2 is 1.50 bits per heavy atom. The highest BCUT2D eigenvalue weighted by Crippen LogP contribution is 1.73. The zero-order valence-electron chi connectivity index (χ0n) is 4.31. The lowest BCUT2D eigenvalue weighted by molar-refractivity contribution is 1.84. The van der Waals surface area contributed by atoms with Gasteiger partial charge in [-0.3, -0.25) is 0 Å². The van der Waals surface area contributed by atoms with E-state index < -0.39 is 0 Å². The minimum absolute atomic E-state index is 1.09. The van der Waals surface area contributed by atoms with Gasteiger partial charge >= 0.3 is 0 Å². The molecule has 0 fully saturated rings. The summed E-state index contributed by atoms with van der Waals surface area (Å²) < 4.78 is 0. The SMILES string of the molecule is [Si]c1cccc([Si])c1. The van der Waals surface area contributed by atoms with Gasteiger partial charge in [-0.1, -0.05) is 34.6 Å². The smallest absolute Gasteiger partial charge is 0.0675 e. The normalized spacial score (nSPS) is 9.25. The van der Waals surface area contributed by atoms with Gasteiger partial charge in [-0.25, -0.2) is 0 Å². The summed E-state index contributed by atoms with van der Waals surface area (Å²) in [6.45, 7) is 0. The van der Waals surface area contributed by atoms with E-state index in [1.807, 2.05) is 24.3 Å². The average molecular weight is 132 g/mol. The average Bonchev–Trinajstić information content (AvgIpc) is 1.64. The zero-order chi connectivity index (χ0) is 5.98. The fraction of sp³-hybridized carbons (Fsp3) is 0. The zero-order valence-corrected chi connectivity index (χ0v) is 6.31. The molecule has 0 saturated heterocycles. The van der Waals surface area contributed by atoms with Gasteiger partial charge in [0.05, 0.1) is 20.5 Å². The van der Waals surface area contributed by atoms with Crippen LogP contribution in [0.15, 0.2) is 24.3 Å². The molecular formula is C6H4Si2. The van der Waals surface area contributed by atoms with Crippen molar-refractivity contribution in [3.8, 4) is 0 Å². The minimum Gasteiger partial charge on any atom is -0.0675 e. The van der Waals surface area contributed by atoms with E-state index in [0.29, 0.717) is 0 Å². The van der Waals surface area contributed by atoms with Crippen LogP contribution in [0.4, 0.5) is 0 Å². The highest BCUT2D eigenvalue weighted by molar-refractivity contribution is 6.37. The minimum atomic E-state index is 1.09. The van der Waals surface area contributed by atoms with E-state index in [1.165, 1.54) is 0 Å². The molecule has 0 N–H and O–H groups in total. The first-order chi connectivity index (χ1) is 3.79. The molecule has 0 nitrogen and oxygen atoms in total. The Bertz CT molecular complexity index is 166. The summed E-state index contributed by atoms with van der Waals surface area (Å²) in [5, 5.41) is 2.19. The summed E-state index contributed by atoms with van der Waals surface area (Å²) in [6.07, 6.45) is 0. The third-order valence-electron chi connectivity index (χ3n) is 0.863. The van der Waals surface area contributed by atoms with Crippen LogP contribution in [0.3, 0.4) is 0 Å². The molecule has 0 aromatic heterocycles. The second-order valence-electron chi connectivity index (χ2n) is 1.58. The van der Waals surface area contributed by atoms with Gasteiger partial charge in [-0.05, 0) is 0 Å². The first-order valence-electron chi connectivity index (χ1n) is 2.32. The van der Waals surface area contributed by atoms with E-state index in [9.17, 15) is 0 Å². The Hall–Kier alpha value is -0.346. The Labute approximate surface area is 55.8 Å². The van der Waals surface area contributed by atoms with Crippen molar-refractivity contribution in [3.05, 3.63) is 24.3 Å². The van der Waals surface area contributed by atoms with Crippen molar-refractivity contribution in [2.45, 2.75) is 0 Å². The number of rotatable bonds is 0. The van der Waals surface area contributed by atoms with Gasteiger partial charge < -0.3 is 0 Å². The van der Waals surface area contributed by atoms with Gasteiger partial charge in [0.1, 0.15) is 0 Å². The molecule has 1 aromatic rings. The Morgan fingerprint density at radius 1 is 1.00 bits per heavy atom. The van der Waals surface area contributed by atoms with Crippen molar-refractivity contribution < 1.29 is 0 Å². The molecular weight excluding hydrogens is 128 g/mol. The van der Waals surface area contributed by atoms with Crippen LogP contribution in [0.2, 0.25) is 0 Å². The monoisotopic (exact) mass is 132 g/mol. The predicted molar refractivity (Wildman–Crippen MR) is 37.2 cm³/mol. The van der Waals surface area contributed by atoms with Gasteiger partial charge in [-0.15, -0.1) is 0 Å². The van der Waals surface area contributed by atoms with Crippen LogP contribution in [0, 0.1) is 0 Å². The second kappa shape index (κ2) is 2.28. The molecule has 1 aromatic carbocycles. The van der Waals surface area contributed by atoms with E-state index in [2.05, 4.69) is 20.5 Å². The predicted octanol–water partition coefficient (Wildman–Crippen LogP) is -0.726. The Balaban J connectivity index is 3.08. The molecule has 0 spiro atoms. The molecule has 0 aliphatic rings. The van der Waals surface area contributed by atoms with Crippen molar-refractivity contribution >= 4 is 30.9 Å². The maximum atomic E-state index is 3.38. The summed E-state index contributed by atoms with van der Waals surface area (Å²) in [5.41, 5.74) is 0. The summed E-state index contributed by atoms with van der Waals surface area (Å²) in [4.78, 5) is 0. The maximum Gasteiger partial charge on any atom is 0.0711 e. The van der Waals surface area contributed by atoms with Crippen molar-refractivity contribution in [1.29, 1.82) is 0 Å². The van der Waals surface area contributed by atoms with Crippen LogP contribution in [0.25, 0.3) is 0 Å².